The van der Waals surface area contributed by atoms with Crippen molar-refractivity contribution < 1.29 is 10.2 Å². The normalized spacial score (nSPS) is 25.8. The number of phenols is 2. The van der Waals surface area contributed by atoms with E-state index in [-0.39, 0.29) is 0 Å². The summed E-state index contributed by atoms with van der Waals surface area (Å²) < 4.78 is 0. The highest BCUT2D eigenvalue weighted by atomic mass is 16.3. The molecule has 2 N–H and O–H groups in total. The van der Waals surface area contributed by atoms with Crippen molar-refractivity contribution in [3.8, 4) is 11.5 Å². The molecule has 2 aromatic carbocycles. The van der Waals surface area contributed by atoms with Crippen molar-refractivity contribution in [3.05, 3.63) is 57.6 Å². The minimum atomic E-state index is 0.422. The summed E-state index contributed by atoms with van der Waals surface area (Å²) in [6, 6.07) is 7.90. The van der Waals surface area contributed by atoms with Crippen molar-refractivity contribution in [1.82, 2.24) is 0 Å². The second kappa shape index (κ2) is 9.45. The minimum Gasteiger partial charge on any atom is -0.507 e. The van der Waals surface area contributed by atoms with Gasteiger partial charge in [-0.1, -0.05) is 41.8 Å². The lowest BCUT2D eigenvalue weighted by Gasteiger charge is -2.23. The van der Waals surface area contributed by atoms with Crippen molar-refractivity contribution in [1.29, 1.82) is 0 Å². The Kier molecular flexibility index (Phi) is 7.16. The molecule has 2 heteroatoms. The number of fused-ring (bicyclic) bond motifs is 5. The van der Waals surface area contributed by atoms with Crippen molar-refractivity contribution in [2.75, 3.05) is 0 Å². The van der Waals surface area contributed by atoms with Crippen LogP contribution in [0.2, 0.25) is 0 Å². The van der Waals surface area contributed by atoms with E-state index >= 15 is 0 Å². The number of benzene rings is 2. The summed E-state index contributed by atoms with van der Waals surface area (Å²) in [5, 5.41) is 18.7. The highest BCUT2D eigenvalue weighted by Gasteiger charge is 2.48. The number of aromatic hydroxyl groups is 2. The van der Waals surface area contributed by atoms with Crippen LogP contribution in [0.1, 0.15) is 71.9 Å². The molecule has 0 aliphatic heterocycles. The summed E-state index contributed by atoms with van der Waals surface area (Å²) in [5.74, 6) is 5.64. The third kappa shape index (κ3) is 5.02. The molecule has 3 aliphatic carbocycles. The first-order chi connectivity index (χ1) is 14.2. The molecule has 5 rings (SSSR count). The van der Waals surface area contributed by atoms with Gasteiger partial charge in [0.25, 0.3) is 0 Å². The summed E-state index contributed by atoms with van der Waals surface area (Å²) in [6.45, 7) is 11.7. The zero-order valence-corrected chi connectivity index (χ0v) is 19.8. The third-order valence-electron chi connectivity index (χ3n) is 7.62. The van der Waals surface area contributed by atoms with Gasteiger partial charge in [-0.25, -0.2) is 0 Å². The lowest BCUT2D eigenvalue weighted by Crippen LogP contribution is -2.15. The molecular weight excluding hydrogens is 368 g/mol. The molecule has 0 heterocycles. The smallest absolute Gasteiger partial charge is 0.121 e. The van der Waals surface area contributed by atoms with Gasteiger partial charge in [0.15, 0.2) is 0 Å². The molecule has 4 atom stereocenters. The molecule has 30 heavy (non-hydrogen) atoms. The van der Waals surface area contributed by atoms with Gasteiger partial charge in [-0.2, -0.15) is 0 Å². The number of hydrogen-bond acceptors (Lipinski definition) is 2. The maximum Gasteiger partial charge on any atom is 0.121 e. The summed E-state index contributed by atoms with van der Waals surface area (Å²) in [5.41, 5.74) is 6.23. The standard InChI is InChI=1S/C10H16.2C9H12O/c1-2-9-7-4-5-8(6-7)10(9)3-1;2*1-6-4-7(2)9(10)8(3)5-6/h7-10H,1-6H2;2*4-5,10H,1-3H3. The number of rotatable bonds is 0. The van der Waals surface area contributed by atoms with Gasteiger partial charge in [0.2, 0.25) is 0 Å². The summed E-state index contributed by atoms with van der Waals surface area (Å²) in [7, 11) is 0. The quantitative estimate of drug-likeness (QED) is 0.475. The van der Waals surface area contributed by atoms with Gasteiger partial charge in [-0.05, 0) is 120 Å². The Bertz CT molecular complexity index is 765. The van der Waals surface area contributed by atoms with Gasteiger partial charge in [0.1, 0.15) is 11.5 Å². The largest absolute Gasteiger partial charge is 0.507 e. The van der Waals surface area contributed by atoms with E-state index in [0.717, 1.165) is 22.3 Å². The van der Waals surface area contributed by atoms with Gasteiger partial charge in [-0.3, -0.25) is 0 Å². The first kappa shape index (κ1) is 22.7. The van der Waals surface area contributed by atoms with E-state index in [9.17, 15) is 10.2 Å². The van der Waals surface area contributed by atoms with E-state index in [1.54, 1.807) is 38.5 Å². The van der Waals surface area contributed by atoms with Crippen LogP contribution < -0.4 is 0 Å². The van der Waals surface area contributed by atoms with Crippen molar-refractivity contribution in [3.63, 3.8) is 0 Å². The van der Waals surface area contributed by atoms with E-state index in [1.807, 2.05) is 65.8 Å². The predicted molar refractivity (Wildman–Crippen MR) is 126 cm³/mol. The monoisotopic (exact) mass is 408 g/mol. The Morgan fingerprint density at radius 1 is 0.567 bits per heavy atom. The van der Waals surface area contributed by atoms with Gasteiger partial charge in [0, 0.05) is 0 Å². The van der Waals surface area contributed by atoms with Crippen molar-refractivity contribution >= 4 is 0 Å². The maximum absolute atomic E-state index is 9.33. The molecule has 2 aromatic rings. The van der Waals surface area contributed by atoms with Crippen LogP contribution in [0.25, 0.3) is 0 Å². The fourth-order valence-electron chi connectivity index (χ4n) is 6.36. The molecule has 0 amide bonds. The molecule has 0 spiro atoms. The molecule has 3 saturated carbocycles. The summed E-state index contributed by atoms with van der Waals surface area (Å²) >= 11 is 0. The maximum atomic E-state index is 9.33. The SMILES string of the molecule is C1CC2C3CCC(C3)C2C1.Cc1cc(C)c(O)c(C)c1.Cc1cc(C)c(O)c(C)c1. The van der Waals surface area contributed by atoms with Gasteiger partial charge in [0.05, 0.1) is 0 Å². The van der Waals surface area contributed by atoms with Crippen LogP contribution in [-0.2, 0) is 0 Å². The van der Waals surface area contributed by atoms with E-state index < -0.39 is 0 Å². The molecular formula is C28H40O2. The molecule has 4 unspecified atom stereocenters. The van der Waals surface area contributed by atoms with Crippen LogP contribution >= 0.6 is 0 Å². The van der Waals surface area contributed by atoms with Crippen LogP contribution in [0.4, 0.5) is 0 Å². The van der Waals surface area contributed by atoms with E-state index in [0.29, 0.717) is 11.5 Å². The lowest BCUT2D eigenvalue weighted by atomic mass is 9.82. The molecule has 2 bridgehead atoms. The minimum absolute atomic E-state index is 0.422. The predicted octanol–water partition coefficient (Wildman–Crippen LogP) is 7.47. The zero-order chi connectivity index (χ0) is 22.0. The van der Waals surface area contributed by atoms with Crippen LogP contribution in [0.3, 0.4) is 0 Å². The zero-order valence-electron chi connectivity index (χ0n) is 19.8. The van der Waals surface area contributed by atoms with Crippen LogP contribution in [0.5, 0.6) is 11.5 Å². The summed E-state index contributed by atoms with van der Waals surface area (Å²) in [6.07, 6.45) is 9.53. The van der Waals surface area contributed by atoms with Crippen LogP contribution in [-0.4, -0.2) is 10.2 Å². The molecule has 0 saturated heterocycles. The number of hydrogen-bond donors (Lipinski definition) is 2. The van der Waals surface area contributed by atoms with Crippen LogP contribution in [0, 0.1) is 65.2 Å². The Balaban J connectivity index is 0.000000128. The first-order valence-electron chi connectivity index (χ1n) is 11.7. The van der Waals surface area contributed by atoms with Crippen molar-refractivity contribution in [2.45, 2.75) is 80.1 Å². The van der Waals surface area contributed by atoms with Gasteiger partial charge < -0.3 is 10.2 Å². The fraction of sp³-hybridized carbons (Fsp3) is 0.571. The molecule has 3 aliphatic rings. The molecule has 0 aromatic heterocycles. The van der Waals surface area contributed by atoms with Gasteiger partial charge >= 0.3 is 0 Å². The van der Waals surface area contributed by atoms with Crippen molar-refractivity contribution in [2.24, 2.45) is 23.7 Å². The fourth-order valence-corrected chi connectivity index (χ4v) is 6.36. The number of phenolic OH excluding ortho intramolecular Hbond substituents is 2. The Hall–Kier alpha value is -1.96. The third-order valence-corrected chi connectivity index (χ3v) is 7.62. The average molecular weight is 409 g/mol. The lowest BCUT2D eigenvalue weighted by molar-refractivity contribution is 0.259. The molecule has 2 nitrogen and oxygen atoms in total. The summed E-state index contributed by atoms with van der Waals surface area (Å²) in [4.78, 5) is 0. The molecule has 164 valence electrons. The first-order valence-corrected chi connectivity index (χ1v) is 11.7. The van der Waals surface area contributed by atoms with E-state index in [4.69, 9.17) is 0 Å². The topological polar surface area (TPSA) is 40.5 Å². The second-order valence-electron chi connectivity index (χ2n) is 10.1. The average Bonchev–Trinajstić information content (AvgIpc) is 3.39. The number of aryl methyl sites for hydroxylation is 6. The van der Waals surface area contributed by atoms with Crippen LogP contribution in [0.15, 0.2) is 24.3 Å². The Morgan fingerprint density at radius 3 is 1.23 bits per heavy atom. The highest BCUT2D eigenvalue weighted by molar-refractivity contribution is 5.42. The molecule has 3 fully saturated rings. The van der Waals surface area contributed by atoms with E-state index in [2.05, 4.69) is 0 Å². The van der Waals surface area contributed by atoms with Gasteiger partial charge in [-0.15, -0.1) is 0 Å². The molecule has 0 radical (unpaired) electrons. The highest BCUT2D eigenvalue weighted by Crippen LogP contribution is 2.58. The Labute approximate surface area is 183 Å². The van der Waals surface area contributed by atoms with E-state index in [1.165, 1.54) is 34.8 Å². The second-order valence-corrected chi connectivity index (χ2v) is 10.1. The Morgan fingerprint density at radius 2 is 0.900 bits per heavy atom.